The van der Waals surface area contributed by atoms with E-state index in [1.54, 1.807) is 0 Å². The predicted molar refractivity (Wildman–Crippen MR) is 125 cm³/mol. The Labute approximate surface area is 185 Å². The quantitative estimate of drug-likeness (QED) is 0.275. The Balaban J connectivity index is 0.00000280. The highest BCUT2D eigenvalue weighted by molar-refractivity contribution is 14.0. The van der Waals surface area contributed by atoms with Gasteiger partial charge in [-0.25, -0.2) is 0 Å². The number of hydrogen-bond acceptors (Lipinski definition) is 3. The molecular formula is C21H32IN5O. The number of unbranched alkanes of at least 4 members (excludes halogenated alkanes) is 1. The SMILES string of the molecule is CN=C(NCCCCOc1ccc(C)cc1)N1CCC(c2cnn(C)c2)C1.I. The third-order valence-electron chi connectivity index (χ3n) is 5.04. The first-order valence-electron chi connectivity index (χ1n) is 9.79. The minimum absolute atomic E-state index is 0. The fourth-order valence-corrected chi connectivity index (χ4v) is 3.46. The van der Waals surface area contributed by atoms with Crippen molar-refractivity contribution in [1.82, 2.24) is 20.0 Å². The van der Waals surface area contributed by atoms with Gasteiger partial charge in [0.05, 0.1) is 12.8 Å². The second-order valence-corrected chi connectivity index (χ2v) is 7.22. The molecule has 1 aliphatic rings. The van der Waals surface area contributed by atoms with E-state index in [-0.39, 0.29) is 24.0 Å². The molecule has 0 radical (unpaired) electrons. The van der Waals surface area contributed by atoms with E-state index < -0.39 is 0 Å². The Morgan fingerprint density at radius 1 is 1.29 bits per heavy atom. The van der Waals surface area contributed by atoms with Crippen molar-refractivity contribution >= 4 is 29.9 Å². The molecule has 1 fully saturated rings. The molecule has 154 valence electrons. The minimum atomic E-state index is 0. The van der Waals surface area contributed by atoms with Crippen LogP contribution in [0.25, 0.3) is 0 Å². The van der Waals surface area contributed by atoms with Gasteiger partial charge in [0.2, 0.25) is 0 Å². The van der Waals surface area contributed by atoms with E-state index in [2.05, 4.69) is 45.6 Å². The van der Waals surface area contributed by atoms with Crippen LogP contribution in [0.5, 0.6) is 5.75 Å². The summed E-state index contributed by atoms with van der Waals surface area (Å²) in [4.78, 5) is 6.80. The van der Waals surface area contributed by atoms with Crippen molar-refractivity contribution in [2.75, 3.05) is 33.3 Å². The van der Waals surface area contributed by atoms with Crippen molar-refractivity contribution in [1.29, 1.82) is 0 Å². The fourth-order valence-electron chi connectivity index (χ4n) is 3.46. The first-order valence-corrected chi connectivity index (χ1v) is 9.79. The van der Waals surface area contributed by atoms with Gasteiger partial charge in [0.1, 0.15) is 5.75 Å². The van der Waals surface area contributed by atoms with Crippen LogP contribution in [0.15, 0.2) is 41.7 Å². The molecular weight excluding hydrogens is 465 g/mol. The number of nitrogens with zero attached hydrogens (tertiary/aromatic N) is 4. The Kier molecular flexibility index (Phi) is 9.08. The molecule has 2 heterocycles. The summed E-state index contributed by atoms with van der Waals surface area (Å²) in [6.07, 6.45) is 7.34. The summed E-state index contributed by atoms with van der Waals surface area (Å²) in [5.74, 6) is 2.49. The van der Waals surface area contributed by atoms with Crippen molar-refractivity contribution in [3.63, 3.8) is 0 Å². The van der Waals surface area contributed by atoms with Crippen LogP contribution in [0.3, 0.4) is 0 Å². The number of aliphatic imine (C=N–C) groups is 1. The number of aromatic nitrogens is 2. The van der Waals surface area contributed by atoms with Crippen LogP contribution < -0.4 is 10.1 Å². The standard InChI is InChI=1S/C21H31N5O.HI/c1-17-6-8-20(9-7-17)27-13-5-4-11-23-21(22-2)26-12-10-18(16-26)19-14-24-25(3)15-19;/h6-9,14-15,18H,4-5,10-13,16H2,1-3H3,(H,22,23);1H. The van der Waals surface area contributed by atoms with Crippen LogP contribution in [0.1, 0.15) is 36.3 Å². The molecule has 0 aliphatic carbocycles. The van der Waals surface area contributed by atoms with Crippen LogP contribution in [-0.4, -0.2) is 53.9 Å². The highest BCUT2D eigenvalue weighted by Gasteiger charge is 2.26. The zero-order chi connectivity index (χ0) is 19.1. The zero-order valence-corrected chi connectivity index (χ0v) is 19.4. The smallest absolute Gasteiger partial charge is 0.193 e. The predicted octanol–water partition coefficient (Wildman–Crippen LogP) is 3.57. The maximum absolute atomic E-state index is 5.78. The van der Waals surface area contributed by atoms with E-state index in [1.807, 2.05) is 37.1 Å². The summed E-state index contributed by atoms with van der Waals surface area (Å²) in [6, 6.07) is 8.22. The van der Waals surface area contributed by atoms with E-state index >= 15 is 0 Å². The van der Waals surface area contributed by atoms with Gasteiger partial charge in [-0.05, 0) is 43.9 Å². The van der Waals surface area contributed by atoms with Gasteiger partial charge in [0.15, 0.2) is 5.96 Å². The number of aryl methyl sites for hydroxylation is 2. The Morgan fingerprint density at radius 3 is 2.75 bits per heavy atom. The van der Waals surface area contributed by atoms with Crippen LogP contribution in [0.2, 0.25) is 0 Å². The number of nitrogens with one attached hydrogen (secondary N) is 1. The highest BCUT2D eigenvalue weighted by Crippen LogP contribution is 2.26. The summed E-state index contributed by atoms with van der Waals surface area (Å²) in [6.45, 7) is 5.79. The maximum Gasteiger partial charge on any atom is 0.193 e. The van der Waals surface area contributed by atoms with Crippen LogP contribution in [0, 0.1) is 6.92 Å². The zero-order valence-electron chi connectivity index (χ0n) is 17.1. The lowest BCUT2D eigenvalue weighted by Crippen LogP contribution is -2.40. The van der Waals surface area contributed by atoms with Gasteiger partial charge in [0.25, 0.3) is 0 Å². The molecule has 6 nitrogen and oxygen atoms in total. The van der Waals surface area contributed by atoms with Crippen LogP contribution >= 0.6 is 24.0 Å². The molecule has 0 amide bonds. The van der Waals surface area contributed by atoms with Gasteiger partial charge in [-0.1, -0.05) is 17.7 Å². The van der Waals surface area contributed by atoms with Gasteiger partial charge in [0, 0.05) is 45.8 Å². The van der Waals surface area contributed by atoms with Crippen LogP contribution in [-0.2, 0) is 7.05 Å². The molecule has 7 heteroatoms. The number of likely N-dealkylation sites (tertiary alicyclic amines) is 1. The normalized spacial score (nSPS) is 16.8. The molecule has 1 aliphatic heterocycles. The second-order valence-electron chi connectivity index (χ2n) is 7.22. The third kappa shape index (κ3) is 6.39. The number of hydrogen-bond donors (Lipinski definition) is 1. The molecule has 0 bridgehead atoms. The van der Waals surface area contributed by atoms with E-state index in [0.29, 0.717) is 5.92 Å². The first kappa shape index (κ1) is 22.5. The number of benzene rings is 1. The maximum atomic E-state index is 5.78. The highest BCUT2D eigenvalue weighted by atomic mass is 127. The second kappa shape index (κ2) is 11.3. The van der Waals surface area contributed by atoms with Crippen molar-refractivity contribution in [2.24, 2.45) is 12.0 Å². The largest absolute Gasteiger partial charge is 0.494 e. The molecule has 0 saturated carbocycles. The average Bonchev–Trinajstić information content (AvgIpc) is 3.32. The summed E-state index contributed by atoms with van der Waals surface area (Å²) < 4.78 is 7.66. The van der Waals surface area contributed by atoms with Crippen molar-refractivity contribution in [2.45, 2.75) is 32.1 Å². The van der Waals surface area contributed by atoms with Crippen molar-refractivity contribution in [3.05, 3.63) is 47.8 Å². The number of rotatable bonds is 7. The molecule has 3 rings (SSSR count). The van der Waals surface area contributed by atoms with Gasteiger partial charge in [-0.15, -0.1) is 24.0 Å². The van der Waals surface area contributed by atoms with Gasteiger partial charge < -0.3 is 15.0 Å². The Hall–Kier alpha value is -1.77. The molecule has 1 atom stereocenters. The Morgan fingerprint density at radius 2 is 2.07 bits per heavy atom. The summed E-state index contributed by atoms with van der Waals surface area (Å²) in [7, 11) is 3.83. The van der Waals surface area contributed by atoms with Gasteiger partial charge in [-0.2, -0.15) is 5.10 Å². The molecule has 1 aromatic carbocycles. The minimum Gasteiger partial charge on any atom is -0.494 e. The van der Waals surface area contributed by atoms with E-state index in [1.165, 1.54) is 11.1 Å². The molecule has 1 saturated heterocycles. The first-order chi connectivity index (χ1) is 13.2. The van der Waals surface area contributed by atoms with E-state index in [4.69, 9.17) is 4.74 Å². The average molecular weight is 497 g/mol. The molecule has 1 N–H and O–H groups in total. The van der Waals surface area contributed by atoms with E-state index in [0.717, 1.165) is 57.2 Å². The van der Waals surface area contributed by atoms with Gasteiger partial charge in [-0.3, -0.25) is 9.67 Å². The van der Waals surface area contributed by atoms with Crippen molar-refractivity contribution in [3.8, 4) is 5.75 Å². The summed E-state index contributed by atoms with van der Waals surface area (Å²) in [5, 5.41) is 7.79. The lowest BCUT2D eigenvalue weighted by molar-refractivity contribution is 0.306. The molecule has 0 spiro atoms. The molecule has 28 heavy (non-hydrogen) atoms. The Bertz CT molecular complexity index is 744. The number of guanidine groups is 1. The van der Waals surface area contributed by atoms with Gasteiger partial charge >= 0.3 is 0 Å². The fraction of sp³-hybridized carbons (Fsp3) is 0.524. The lowest BCUT2D eigenvalue weighted by atomic mass is 10.0. The van der Waals surface area contributed by atoms with Crippen molar-refractivity contribution < 1.29 is 4.74 Å². The topological polar surface area (TPSA) is 54.7 Å². The number of halogens is 1. The van der Waals surface area contributed by atoms with E-state index in [9.17, 15) is 0 Å². The summed E-state index contributed by atoms with van der Waals surface area (Å²) in [5.41, 5.74) is 2.58. The third-order valence-corrected chi connectivity index (χ3v) is 5.04. The number of ether oxygens (including phenoxy) is 1. The summed E-state index contributed by atoms with van der Waals surface area (Å²) >= 11 is 0. The molecule has 1 aromatic heterocycles. The van der Waals surface area contributed by atoms with Crippen LogP contribution in [0.4, 0.5) is 0 Å². The monoisotopic (exact) mass is 497 g/mol. The lowest BCUT2D eigenvalue weighted by Gasteiger charge is -2.21. The molecule has 2 aromatic rings. The molecule has 1 unspecified atom stereocenters.